The van der Waals surface area contributed by atoms with Gasteiger partial charge in [0.2, 0.25) is 5.96 Å². The third kappa shape index (κ3) is 5.27. The number of nitriles is 1. The van der Waals surface area contributed by atoms with Gasteiger partial charge in [-0.2, -0.15) is 5.26 Å². The van der Waals surface area contributed by atoms with Crippen molar-refractivity contribution in [3.05, 3.63) is 104 Å². The molecule has 0 unspecified atom stereocenters. The number of pyridine rings is 1. The number of aromatic nitrogens is 1. The van der Waals surface area contributed by atoms with Gasteiger partial charge in [-0.25, -0.2) is 4.99 Å². The number of nitrogens with one attached hydrogen (secondary N) is 1. The first-order valence-electron chi connectivity index (χ1n) is 11.8. The average molecular weight is 547 g/mol. The van der Waals surface area contributed by atoms with Gasteiger partial charge in [-0.3, -0.25) is 10.3 Å². The minimum Gasteiger partial charge on any atom is -0.342 e. The van der Waals surface area contributed by atoms with E-state index in [1.165, 1.54) is 27.8 Å². The molecule has 2 aliphatic rings. The SMILES string of the molecule is N#CNC(=NCc1ccccc1)N1CCC(=C2c3ccc(Cl)cc3CCc3cc(Br)cnc32)CC1. The summed E-state index contributed by atoms with van der Waals surface area (Å²) in [6, 6.07) is 18.5. The summed E-state index contributed by atoms with van der Waals surface area (Å²) in [7, 11) is 0. The molecule has 176 valence electrons. The van der Waals surface area contributed by atoms with Crippen molar-refractivity contribution in [2.75, 3.05) is 13.1 Å². The number of piperidine rings is 1. The molecule has 0 spiro atoms. The van der Waals surface area contributed by atoms with Crippen LogP contribution < -0.4 is 5.32 Å². The van der Waals surface area contributed by atoms with Gasteiger partial charge >= 0.3 is 0 Å². The summed E-state index contributed by atoms with van der Waals surface area (Å²) in [5.41, 5.74) is 8.59. The number of halogens is 2. The topological polar surface area (TPSA) is 64.3 Å². The van der Waals surface area contributed by atoms with Crippen molar-refractivity contribution in [3.8, 4) is 6.19 Å². The van der Waals surface area contributed by atoms with E-state index < -0.39 is 0 Å². The molecule has 1 N–H and O–H groups in total. The normalized spacial score (nSPS) is 15.7. The lowest BCUT2D eigenvalue weighted by atomic mass is 9.88. The number of likely N-dealkylation sites (tertiary alicyclic amines) is 1. The number of hydrogen-bond acceptors (Lipinski definition) is 3. The number of aliphatic imine (C=N–C) groups is 1. The molecule has 0 radical (unpaired) electrons. The van der Waals surface area contributed by atoms with E-state index in [0.29, 0.717) is 12.5 Å². The molecule has 3 aromatic rings. The van der Waals surface area contributed by atoms with Crippen molar-refractivity contribution >= 4 is 39.1 Å². The maximum absolute atomic E-state index is 9.31. The molecule has 1 aliphatic carbocycles. The van der Waals surface area contributed by atoms with Crippen LogP contribution in [0.3, 0.4) is 0 Å². The number of nitrogens with zero attached hydrogens (tertiary/aromatic N) is 4. The molecule has 5 nitrogen and oxygen atoms in total. The van der Waals surface area contributed by atoms with Gasteiger partial charge in [0, 0.05) is 34.4 Å². The highest BCUT2D eigenvalue weighted by Gasteiger charge is 2.26. The lowest BCUT2D eigenvalue weighted by Crippen LogP contribution is -2.43. The predicted molar refractivity (Wildman–Crippen MR) is 144 cm³/mol. The van der Waals surface area contributed by atoms with Crippen LogP contribution in [-0.4, -0.2) is 28.9 Å². The quantitative estimate of drug-likeness (QED) is 0.182. The molecule has 0 atom stereocenters. The summed E-state index contributed by atoms with van der Waals surface area (Å²) in [5.74, 6) is 0.635. The highest BCUT2D eigenvalue weighted by Crippen LogP contribution is 2.39. The first kappa shape index (κ1) is 23.6. The Labute approximate surface area is 219 Å². The lowest BCUT2D eigenvalue weighted by Gasteiger charge is -2.32. The van der Waals surface area contributed by atoms with Crippen LogP contribution in [0.1, 0.15) is 40.8 Å². The third-order valence-electron chi connectivity index (χ3n) is 6.61. The van der Waals surface area contributed by atoms with Crippen molar-refractivity contribution in [1.29, 1.82) is 5.26 Å². The highest BCUT2D eigenvalue weighted by molar-refractivity contribution is 9.10. The number of aryl methyl sites for hydroxylation is 2. The molecule has 1 saturated heterocycles. The Balaban J connectivity index is 1.46. The van der Waals surface area contributed by atoms with E-state index in [9.17, 15) is 5.26 Å². The molecule has 1 aliphatic heterocycles. The van der Waals surface area contributed by atoms with Crippen molar-refractivity contribution in [3.63, 3.8) is 0 Å². The van der Waals surface area contributed by atoms with Crippen LogP contribution in [-0.2, 0) is 19.4 Å². The van der Waals surface area contributed by atoms with Gasteiger partial charge in [-0.05, 0) is 82.1 Å². The van der Waals surface area contributed by atoms with Crippen molar-refractivity contribution in [1.82, 2.24) is 15.2 Å². The molecule has 0 amide bonds. The Bertz CT molecular complexity index is 1280. The lowest BCUT2D eigenvalue weighted by molar-refractivity contribution is 0.379. The van der Waals surface area contributed by atoms with Gasteiger partial charge in [0.1, 0.15) is 0 Å². The van der Waals surface area contributed by atoms with Gasteiger partial charge in [-0.1, -0.05) is 53.6 Å². The molecule has 1 aromatic heterocycles. The fourth-order valence-corrected chi connectivity index (χ4v) is 5.49. The Kier molecular flexibility index (Phi) is 7.17. The number of benzene rings is 2. The van der Waals surface area contributed by atoms with Gasteiger partial charge in [0.05, 0.1) is 12.2 Å². The zero-order valence-corrected chi connectivity index (χ0v) is 21.6. The van der Waals surface area contributed by atoms with E-state index in [1.807, 2.05) is 42.6 Å². The number of fused-ring (bicyclic) bond motifs is 2. The molecule has 2 aromatic carbocycles. The zero-order valence-electron chi connectivity index (χ0n) is 19.3. The van der Waals surface area contributed by atoms with E-state index >= 15 is 0 Å². The zero-order chi connectivity index (χ0) is 24.2. The molecule has 1 fully saturated rings. The Morgan fingerprint density at radius 1 is 1.06 bits per heavy atom. The molecular weight excluding hydrogens is 522 g/mol. The molecule has 5 rings (SSSR count). The van der Waals surface area contributed by atoms with Crippen molar-refractivity contribution in [2.24, 2.45) is 4.99 Å². The summed E-state index contributed by atoms with van der Waals surface area (Å²) in [4.78, 5) is 11.8. The van der Waals surface area contributed by atoms with E-state index in [-0.39, 0.29) is 0 Å². The summed E-state index contributed by atoms with van der Waals surface area (Å²) >= 11 is 9.96. The molecule has 7 heteroatoms. The van der Waals surface area contributed by atoms with Crippen LogP contribution in [0.2, 0.25) is 5.02 Å². The number of guanidine groups is 1. The van der Waals surface area contributed by atoms with Crippen LogP contribution in [0.15, 0.2) is 75.8 Å². The first-order valence-corrected chi connectivity index (χ1v) is 12.9. The first-order chi connectivity index (χ1) is 17.1. The van der Waals surface area contributed by atoms with Crippen LogP contribution in [0.5, 0.6) is 0 Å². The molecule has 0 bridgehead atoms. The summed E-state index contributed by atoms with van der Waals surface area (Å²) < 4.78 is 1.00. The Hall–Kier alpha value is -3.14. The minimum atomic E-state index is 0.537. The van der Waals surface area contributed by atoms with Crippen molar-refractivity contribution < 1.29 is 0 Å². The van der Waals surface area contributed by atoms with Gasteiger partial charge in [-0.15, -0.1) is 0 Å². The van der Waals surface area contributed by atoms with Crippen molar-refractivity contribution in [2.45, 2.75) is 32.2 Å². The average Bonchev–Trinajstić information content (AvgIpc) is 3.03. The Morgan fingerprint density at radius 2 is 1.83 bits per heavy atom. The summed E-state index contributed by atoms with van der Waals surface area (Å²) in [5, 5.41) is 12.9. The monoisotopic (exact) mass is 545 g/mol. The fraction of sp³-hybridized carbons (Fsp3) is 0.250. The third-order valence-corrected chi connectivity index (χ3v) is 7.28. The standard InChI is InChI=1S/C28H25BrClN5/c29-23-14-22-7-6-21-15-24(30)8-9-25(21)26(27(22)32-17-23)20-10-12-35(13-11-20)28(34-18-31)33-16-19-4-2-1-3-5-19/h1-5,8-9,14-15,17H,6-7,10-13,16H2,(H,33,34). The second kappa shape index (κ2) is 10.6. The van der Waals surface area contributed by atoms with Gasteiger partial charge < -0.3 is 4.90 Å². The largest absolute Gasteiger partial charge is 0.342 e. The minimum absolute atomic E-state index is 0.537. The second-order valence-electron chi connectivity index (χ2n) is 8.79. The predicted octanol–water partition coefficient (Wildman–Crippen LogP) is 6.12. The smallest absolute Gasteiger partial charge is 0.207 e. The summed E-state index contributed by atoms with van der Waals surface area (Å²) in [6.07, 6.45) is 7.58. The van der Waals surface area contributed by atoms with Crippen LogP contribution in [0.25, 0.3) is 5.57 Å². The van der Waals surface area contributed by atoms with Crippen LogP contribution in [0, 0.1) is 11.5 Å². The molecule has 2 heterocycles. The molecular formula is C28H25BrClN5. The van der Waals surface area contributed by atoms with E-state index in [2.05, 4.69) is 50.5 Å². The maximum Gasteiger partial charge on any atom is 0.207 e. The van der Waals surface area contributed by atoms with Crippen LogP contribution in [0.4, 0.5) is 0 Å². The molecule has 0 saturated carbocycles. The fourth-order valence-electron chi connectivity index (χ4n) is 4.92. The van der Waals surface area contributed by atoms with Crippen LogP contribution >= 0.6 is 27.5 Å². The summed E-state index contributed by atoms with van der Waals surface area (Å²) in [6.45, 7) is 2.11. The number of hydrogen-bond donors (Lipinski definition) is 1. The Morgan fingerprint density at radius 3 is 2.60 bits per heavy atom. The second-order valence-corrected chi connectivity index (χ2v) is 10.1. The van der Waals surface area contributed by atoms with E-state index in [1.54, 1.807) is 0 Å². The van der Waals surface area contributed by atoms with E-state index in [4.69, 9.17) is 21.6 Å². The van der Waals surface area contributed by atoms with Gasteiger partial charge in [0.15, 0.2) is 6.19 Å². The van der Waals surface area contributed by atoms with Gasteiger partial charge in [0.25, 0.3) is 0 Å². The molecule has 35 heavy (non-hydrogen) atoms. The maximum atomic E-state index is 9.31. The van der Waals surface area contributed by atoms with E-state index in [0.717, 1.165) is 59.5 Å². The number of rotatable bonds is 2. The highest BCUT2D eigenvalue weighted by atomic mass is 79.9.